The van der Waals surface area contributed by atoms with Gasteiger partial charge in [0.25, 0.3) is 0 Å². The number of nitrogens with one attached hydrogen (secondary N) is 2. The number of aliphatic hydroxyl groups is 1. The van der Waals surface area contributed by atoms with E-state index in [1.165, 1.54) is 0 Å². The molecule has 2 fully saturated rings. The number of hydrogen-bond donors (Lipinski definition) is 4. The molecule has 1 saturated heterocycles. The fourth-order valence-corrected chi connectivity index (χ4v) is 3.66. The van der Waals surface area contributed by atoms with E-state index in [1.54, 1.807) is 16.8 Å². The zero-order chi connectivity index (χ0) is 19.3. The molecule has 10 nitrogen and oxygen atoms in total. The Balaban J connectivity index is 1.72. The standard InChI is InChI=1S/C18H21N7O3/c26-9-12-2-1-5-24(12)14-7-15(20-11-3-4-11)25-16(22-14)10(8-19-25)6-13-17(27)23-18(28)21-13/h6-8,11-12,26-27H,1-5,9H2,(H2,21,23,28)/t12-/m1/s1. The lowest BCUT2D eigenvalue weighted by atomic mass is 10.2. The molecule has 0 amide bonds. The van der Waals surface area contributed by atoms with E-state index in [-0.39, 0.29) is 24.2 Å². The molecule has 3 aromatic rings. The average molecular weight is 383 g/mol. The third-order valence-corrected chi connectivity index (χ3v) is 5.25. The van der Waals surface area contributed by atoms with E-state index < -0.39 is 5.69 Å². The Morgan fingerprint density at radius 1 is 1.32 bits per heavy atom. The van der Waals surface area contributed by atoms with Crippen molar-refractivity contribution in [1.82, 2.24) is 24.6 Å². The molecule has 0 spiro atoms. The second-order valence-electron chi connectivity index (χ2n) is 7.33. The van der Waals surface area contributed by atoms with Gasteiger partial charge < -0.3 is 20.1 Å². The first-order chi connectivity index (χ1) is 13.6. The molecule has 0 aromatic carbocycles. The minimum Gasteiger partial charge on any atom is -0.493 e. The summed E-state index contributed by atoms with van der Waals surface area (Å²) < 4.78 is 1.68. The van der Waals surface area contributed by atoms with E-state index in [1.807, 2.05) is 6.07 Å². The van der Waals surface area contributed by atoms with Gasteiger partial charge in [-0.2, -0.15) is 9.61 Å². The summed E-state index contributed by atoms with van der Waals surface area (Å²) in [5.74, 6) is 0.522. The molecule has 28 heavy (non-hydrogen) atoms. The highest BCUT2D eigenvalue weighted by atomic mass is 16.3. The van der Waals surface area contributed by atoms with E-state index in [0.29, 0.717) is 16.9 Å². The molecule has 0 unspecified atom stereocenters. The van der Waals surface area contributed by atoms with E-state index in [0.717, 1.165) is 43.5 Å². The van der Waals surface area contributed by atoms with E-state index in [2.05, 4.69) is 20.0 Å². The number of H-pyrrole nitrogens is 2. The van der Waals surface area contributed by atoms with Crippen molar-refractivity contribution in [1.29, 1.82) is 0 Å². The van der Waals surface area contributed by atoms with Crippen molar-refractivity contribution in [2.75, 3.05) is 18.1 Å². The maximum atomic E-state index is 11.4. The zero-order valence-electron chi connectivity index (χ0n) is 15.2. The van der Waals surface area contributed by atoms with Crippen LogP contribution in [-0.4, -0.2) is 60.0 Å². The van der Waals surface area contributed by atoms with Gasteiger partial charge in [0.15, 0.2) is 11.1 Å². The number of imidazole rings is 1. The molecule has 5 rings (SSSR count). The number of fused-ring (bicyclic) bond motifs is 1. The van der Waals surface area contributed by atoms with Gasteiger partial charge in [0, 0.05) is 17.8 Å². The topological polar surface area (TPSA) is 135 Å². The van der Waals surface area contributed by atoms with Gasteiger partial charge in [-0.15, -0.1) is 0 Å². The van der Waals surface area contributed by atoms with Gasteiger partial charge in [-0.3, -0.25) is 9.98 Å². The molecule has 4 heterocycles. The number of aromatic hydroxyl groups is 1. The summed E-state index contributed by atoms with van der Waals surface area (Å²) in [6, 6.07) is 2.28. The summed E-state index contributed by atoms with van der Waals surface area (Å²) in [4.78, 5) is 27.9. The van der Waals surface area contributed by atoms with Gasteiger partial charge in [0.05, 0.1) is 24.9 Å². The van der Waals surface area contributed by atoms with Crippen molar-refractivity contribution >= 4 is 17.5 Å². The Kier molecular flexibility index (Phi) is 3.93. The van der Waals surface area contributed by atoms with Crippen LogP contribution in [0.4, 0.5) is 5.82 Å². The predicted octanol–water partition coefficient (Wildman–Crippen LogP) is -0.977. The predicted molar refractivity (Wildman–Crippen MR) is 101 cm³/mol. The van der Waals surface area contributed by atoms with Crippen LogP contribution in [0, 0.1) is 0 Å². The second-order valence-corrected chi connectivity index (χ2v) is 7.33. The van der Waals surface area contributed by atoms with Gasteiger partial charge in [-0.1, -0.05) is 0 Å². The lowest BCUT2D eigenvalue weighted by molar-refractivity contribution is 0.266. The monoisotopic (exact) mass is 383 g/mol. The number of nitrogens with zero attached hydrogens (tertiary/aromatic N) is 5. The molecular weight excluding hydrogens is 362 g/mol. The molecule has 0 bridgehead atoms. The van der Waals surface area contributed by atoms with Crippen molar-refractivity contribution in [3.8, 4) is 5.88 Å². The summed E-state index contributed by atoms with van der Waals surface area (Å²) in [6.07, 6.45) is 7.33. The Labute approximate surface area is 158 Å². The molecule has 10 heteroatoms. The summed E-state index contributed by atoms with van der Waals surface area (Å²) in [5, 5.41) is 24.6. The van der Waals surface area contributed by atoms with Crippen LogP contribution in [0.15, 0.2) is 22.1 Å². The van der Waals surface area contributed by atoms with Gasteiger partial charge in [0.1, 0.15) is 11.5 Å². The summed E-state index contributed by atoms with van der Waals surface area (Å²) in [6.45, 7) is 0.912. The highest BCUT2D eigenvalue weighted by Gasteiger charge is 2.26. The van der Waals surface area contributed by atoms with Crippen molar-refractivity contribution in [3.63, 3.8) is 0 Å². The first-order valence-corrected chi connectivity index (χ1v) is 9.45. The largest absolute Gasteiger partial charge is 0.493 e. The van der Waals surface area contributed by atoms with Crippen molar-refractivity contribution in [3.05, 3.63) is 39.1 Å². The minimum absolute atomic E-state index is 0.0455. The van der Waals surface area contributed by atoms with E-state index in [9.17, 15) is 15.0 Å². The van der Waals surface area contributed by atoms with Crippen molar-refractivity contribution in [2.24, 2.45) is 4.99 Å². The SMILES string of the molecule is O=c1[nH]c(O)c(C=c2cnn3c(=NC4CC4)cc(N4CCC[C@@H]4CO)nc23)[nH]1. The summed E-state index contributed by atoms with van der Waals surface area (Å²) in [5.41, 5.74) is 1.09. The average Bonchev–Trinajstić information content (AvgIpc) is 3.08. The van der Waals surface area contributed by atoms with Gasteiger partial charge in [0.2, 0.25) is 5.88 Å². The zero-order valence-corrected chi connectivity index (χ0v) is 15.2. The number of aliphatic hydroxyl groups excluding tert-OH is 1. The van der Waals surface area contributed by atoms with Gasteiger partial charge >= 0.3 is 5.69 Å². The van der Waals surface area contributed by atoms with Crippen LogP contribution in [0.1, 0.15) is 31.4 Å². The molecule has 3 aromatic heterocycles. The maximum Gasteiger partial charge on any atom is 0.326 e. The lowest BCUT2D eigenvalue weighted by Crippen LogP contribution is -2.34. The molecule has 2 aliphatic rings. The van der Waals surface area contributed by atoms with Gasteiger partial charge in [-0.25, -0.2) is 9.78 Å². The molecule has 1 aliphatic heterocycles. The van der Waals surface area contributed by atoms with Crippen LogP contribution in [-0.2, 0) is 0 Å². The first-order valence-electron chi connectivity index (χ1n) is 9.45. The van der Waals surface area contributed by atoms with E-state index in [4.69, 9.17) is 9.98 Å². The number of aromatic amines is 2. The summed E-state index contributed by atoms with van der Waals surface area (Å²) in [7, 11) is 0. The quantitative estimate of drug-likeness (QED) is 0.458. The molecular formula is C18H21N7O3. The molecule has 4 N–H and O–H groups in total. The number of aromatic nitrogens is 5. The Hall–Kier alpha value is -3.14. The summed E-state index contributed by atoms with van der Waals surface area (Å²) >= 11 is 0. The van der Waals surface area contributed by atoms with Crippen LogP contribution in [0.3, 0.4) is 0 Å². The maximum absolute atomic E-state index is 11.4. The minimum atomic E-state index is -0.485. The smallest absolute Gasteiger partial charge is 0.326 e. The normalized spacial score (nSPS) is 21.3. The van der Waals surface area contributed by atoms with Crippen LogP contribution in [0.5, 0.6) is 5.88 Å². The second kappa shape index (κ2) is 6.48. The molecule has 1 aliphatic carbocycles. The van der Waals surface area contributed by atoms with Crippen molar-refractivity contribution < 1.29 is 10.2 Å². The molecule has 1 atom stereocenters. The fourth-order valence-electron chi connectivity index (χ4n) is 3.66. The molecule has 146 valence electrons. The van der Waals surface area contributed by atoms with Crippen LogP contribution < -0.4 is 21.3 Å². The Morgan fingerprint density at radius 2 is 2.18 bits per heavy atom. The van der Waals surface area contributed by atoms with E-state index >= 15 is 0 Å². The highest BCUT2D eigenvalue weighted by Crippen LogP contribution is 2.24. The number of anilines is 1. The highest BCUT2D eigenvalue weighted by molar-refractivity contribution is 5.58. The van der Waals surface area contributed by atoms with Crippen molar-refractivity contribution in [2.45, 2.75) is 37.8 Å². The van der Waals surface area contributed by atoms with Crippen LogP contribution in [0.25, 0.3) is 11.7 Å². The van der Waals surface area contributed by atoms with Crippen LogP contribution >= 0.6 is 0 Å². The third kappa shape index (κ3) is 2.95. The molecule has 1 saturated carbocycles. The lowest BCUT2D eigenvalue weighted by Gasteiger charge is -2.24. The fraction of sp³-hybridized carbons (Fsp3) is 0.444. The first kappa shape index (κ1) is 17.0. The Morgan fingerprint density at radius 3 is 2.89 bits per heavy atom. The number of rotatable bonds is 4. The van der Waals surface area contributed by atoms with Crippen LogP contribution in [0.2, 0.25) is 0 Å². The third-order valence-electron chi connectivity index (χ3n) is 5.25. The van der Waals surface area contributed by atoms with Gasteiger partial charge in [-0.05, 0) is 31.8 Å². The molecule has 0 radical (unpaired) electrons. The Bertz CT molecular complexity index is 1200. The number of hydrogen-bond acceptors (Lipinski definition) is 7.